The Kier molecular flexibility index (Phi) is 4.55. The third kappa shape index (κ3) is 3.78. The second-order valence-electron chi connectivity index (χ2n) is 7.13. The van der Waals surface area contributed by atoms with E-state index in [1.165, 1.54) is 10.9 Å². The van der Waals surface area contributed by atoms with Crippen LogP contribution in [0.4, 0.5) is 4.79 Å². The fourth-order valence-corrected chi connectivity index (χ4v) is 5.49. The maximum atomic E-state index is 12.4. The normalized spacial score (nSPS) is 21.0. The van der Waals surface area contributed by atoms with Crippen LogP contribution in [0.15, 0.2) is 24.3 Å². The average Bonchev–Trinajstić information content (AvgIpc) is 3.18. The van der Waals surface area contributed by atoms with Gasteiger partial charge >= 0.3 is 6.03 Å². The number of hydrogen-bond acceptors (Lipinski definition) is 4. The molecule has 1 aromatic heterocycles. The van der Waals surface area contributed by atoms with Gasteiger partial charge in [-0.1, -0.05) is 18.2 Å². The summed E-state index contributed by atoms with van der Waals surface area (Å²) in [5.41, 5.74) is 3.34. The van der Waals surface area contributed by atoms with Gasteiger partial charge in [0.15, 0.2) is 9.84 Å². The van der Waals surface area contributed by atoms with Crippen LogP contribution in [0.2, 0.25) is 0 Å². The van der Waals surface area contributed by atoms with E-state index >= 15 is 0 Å². The Hall–Kier alpha value is -2.55. The number of urea groups is 1. The average molecular weight is 390 g/mol. The number of fused-ring (bicyclic) bond motifs is 3. The van der Waals surface area contributed by atoms with Crippen molar-refractivity contribution in [1.82, 2.24) is 20.5 Å². The van der Waals surface area contributed by atoms with Gasteiger partial charge in [-0.05, 0) is 24.5 Å². The molecule has 3 heterocycles. The molecule has 0 spiro atoms. The molecule has 4 rings (SSSR count). The summed E-state index contributed by atoms with van der Waals surface area (Å²) >= 11 is 0. The number of aromatic amines is 1. The van der Waals surface area contributed by atoms with E-state index in [0.717, 1.165) is 17.6 Å². The van der Waals surface area contributed by atoms with E-state index in [1.807, 2.05) is 18.2 Å². The van der Waals surface area contributed by atoms with Crippen LogP contribution in [0.25, 0.3) is 10.9 Å². The molecule has 27 heavy (non-hydrogen) atoms. The van der Waals surface area contributed by atoms with Crippen LogP contribution in [0.3, 0.4) is 0 Å². The maximum absolute atomic E-state index is 12.4. The van der Waals surface area contributed by atoms with E-state index in [-0.39, 0.29) is 36.0 Å². The van der Waals surface area contributed by atoms with Gasteiger partial charge in [-0.15, -0.1) is 0 Å². The maximum Gasteiger partial charge on any atom is 0.318 e. The van der Waals surface area contributed by atoms with Gasteiger partial charge in [-0.25, -0.2) is 13.2 Å². The highest BCUT2D eigenvalue weighted by atomic mass is 32.2. The highest BCUT2D eigenvalue weighted by Gasteiger charge is 2.29. The predicted octanol–water partition coefficient (Wildman–Crippen LogP) is 0.539. The van der Waals surface area contributed by atoms with Gasteiger partial charge in [0.05, 0.1) is 24.6 Å². The molecule has 0 radical (unpaired) electrons. The van der Waals surface area contributed by atoms with Crippen LogP contribution in [0, 0.1) is 0 Å². The van der Waals surface area contributed by atoms with Gasteiger partial charge in [0.2, 0.25) is 5.91 Å². The molecule has 2 aliphatic rings. The third-order valence-corrected chi connectivity index (χ3v) is 6.94. The van der Waals surface area contributed by atoms with Crippen LogP contribution < -0.4 is 10.6 Å². The van der Waals surface area contributed by atoms with E-state index < -0.39 is 9.84 Å². The van der Waals surface area contributed by atoms with Crippen molar-refractivity contribution >= 4 is 32.7 Å². The van der Waals surface area contributed by atoms with E-state index in [1.54, 1.807) is 4.90 Å². The first-order chi connectivity index (χ1) is 12.9. The minimum absolute atomic E-state index is 0.0258. The van der Waals surface area contributed by atoms with Gasteiger partial charge in [-0.2, -0.15) is 0 Å². The van der Waals surface area contributed by atoms with Crippen LogP contribution in [0.5, 0.6) is 0 Å². The van der Waals surface area contributed by atoms with Crippen molar-refractivity contribution in [2.24, 2.45) is 0 Å². The summed E-state index contributed by atoms with van der Waals surface area (Å²) in [6.45, 7) is 0.896. The minimum Gasteiger partial charge on any atom is -0.357 e. The fourth-order valence-electron chi connectivity index (χ4n) is 3.82. The summed E-state index contributed by atoms with van der Waals surface area (Å²) in [5.74, 6) is -0.291. The van der Waals surface area contributed by atoms with Crippen LogP contribution in [-0.4, -0.2) is 60.9 Å². The number of nitrogens with one attached hydrogen (secondary N) is 3. The van der Waals surface area contributed by atoms with Crippen LogP contribution in [0.1, 0.15) is 17.7 Å². The Labute approximate surface area is 157 Å². The zero-order valence-corrected chi connectivity index (χ0v) is 15.6. The summed E-state index contributed by atoms with van der Waals surface area (Å²) in [6.07, 6.45) is 1.19. The largest absolute Gasteiger partial charge is 0.357 e. The molecule has 1 atom stereocenters. The number of carbonyl (C=O) groups is 2. The first kappa shape index (κ1) is 17.8. The van der Waals surface area contributed by atoms with Gasteiger partial charge in [0, 0.05) is 29.2 Å². The molecule has 3 amide bonds. The van der Waals surface area contributed by atoms with Crippen molar-refractivity contribution < 1.29 is 18.0 Å². The van der Waals surface area contributed by atoms with Crippen molar-refractivity contribution in [3.05, 3.63) is 35.5 Å². The molecule has 0 unspecified atom stereocenters. The lowest BCUT2D eigenvalue weighted by Crippen LogP contribution is -2.47. The van der Waals surface area contributed by atoms with Gasteiger partial charge in [0.25, 0.3) is 0 Å². The van der Waals surface area contributed by atoms with E-state index in [0.29, 0.717) is 19.5 Å². The number of H-pyrrole nitrogens is 1. The lowest BCUT2D eigenvalue weighted by atomic mass is 10.0. The summed E-state index contributed by atoms with van der Waals surface area (Å²) in [5, 5.41) is 6.48. The Bertz CT molecular complexity index is 998. The summed E-state index contributed by atoms with van der Waals surface area (Å²) in [4.78, 5) is 29.4. The van der Waals surface area contributed by atoms with Crippen molar-refractivity contribution in [3.63, 3.8) is 0 Å². The molecule has 2 aliphatic heterocycles. The van der Waals surface area contributed by atoms with Gasteiger partial charge in [0.1, 0.15) is 0 Å². The summed E-state index contributed by atoms with van der Waals surface area (Å²) < 4.78 is 22.9. The summed E-state index contributed by atoms with van der Waals surface area (Å²) in [6, 6.07) is 7.42. The lowest BCUT2D eigenvalue weighted by molar-refractivity contribution is -0.120. The number of carbonyl (C=O) groups excluding carboxylic acids is 2. The third-order valence-electron chi connectivity index (χ3n) is 5.17. The number of amides is 3. The highest BCUT2D eigenvalue weighted by Crippen LogP contribution is 2.27. The molecule has 2 aromatic rings. The van der Waals surface area contributed by atoms with Crippen LogP contribution >= 0.6 is 0 Å². The first-order valence-corrected chi connectivity index (χ1v) is 10.8. The molecule has 9 heteroatoms. The second kappa shape index (κ2) is 6.88. The van der Waals surface area contributed by atoms with Crippen molar-refractivity contribution in [2.45, 2.75) is 25.4 Å². The Balaban J connectivity index is 1.31. The SMILES string of the molecule is O=C(CNC(=O)N1CCc2c([nH]c3ccccc23)C1)N[C@@H]1CCS(=O)(=O)C1. The lowest BCUT2D eigenvalue weighted by Gasteiger charge is -2.27. The number of para-hydroxylation sites is 1. The molecule has 0 bridgehead atoms. The second-order valence-corrected chi connectivity index (χ2v) is 9.35. The van der Waals surface area contributed by atoms with E-state index in [9.17, 15) is 18.0 Å². The Morgan fingerprint density at radius 3 is 2.85 bits per heavy atom. The number of nitrogens with zero attached hydrogens (tertiary/aromatic N) is 1. The Morgan fingerprint density at radius 1 is 1.26 bits per heavy atom. The predicted molar refractivity (Wildman–Crippen MR) is 101 cm³/mol. The molecule has 3 N–H and O–H groups in total. The molecule has 0 aliphatic carbocycles. The van der Waals surface area contributed by atoms with E-state index in [4.69, 9.17) is 0 Å². The van der Waals surface area contributed by atoms with Crippen LogP contribution in [-0.2, 0) is 27.6 Å². The highest BCUT2D eigenvalue weighted by molar-refractivity contribution is 7.91. The molecule has 0 saturated carbocycles. The molecule has 144 valence electrons. The molecular formula is C18H22N4O4S. The zero-order chi connectivity index (χ0) is 19.0. The molecular weight excluding hydrogens is 368 g/mol. The number of rotatable bonds is 3. The fraction of sp³-hybridized carbons (Fsp3) is 0.444. The molecule has 1 aromatic carbocycles. The monoisotopic (exact) mass is 390 g/mol. The van der Waals surface area contributed by atoms with Crippen molar-refractivity contribution in [1.29, 1.82) is 0 Å². The van der Waals surface area contributed by atoms with Crippen molar-refractivity contribution in [3.8, 4) is 0 Å². The summed E-state index contributed by atoms with van der Waals surface area (Å²) in [7, 11) is -3.04. The standard InChI is InChI=1S/C18H22N4O4S/c23-17(20-12-6-8-27(25,26)11-12)9-19-18(24)22-7-5-14-13-3-1-2-4-15(13)21-16(14)10-22/h1-4,12,21H,5-11H2,(H,19,24)(H,20,23)/t12-/m1/s1. The number of benzene rings is 1. The molecule has 1 fully saturated rings. The first-order valence-electron chi connectivity index (χ1n) is 9.02. The molecule has 1 saturated heterocycles. The quantitative estimate of drug-likeness (QED) is 0.710. The Morgan fingerprint density at radius 2 is 2.07 bits per heavy atom. The van der Waals surface area contributed by atoms with Gasteiger partial charge in [-0.3, -0.25) is 4.79 Å². The van der Waals surface area contributed by atoms with E-state index in [2.05, 4.69) is 21.7 Å². The van der Waals surface area contributed by atoms with Crippen molar-refractivity contribution in [2.75, 3.05) is 24.6 Å². The minimum atomic E-state index is -3.04. The zero-order valence-electron chi connectivity index (χ0n) is 14.8. The smallest absolute Gasteiger partial charge is 0.318 e. The number of aromatic nitrogens is 1. The topological polar surface area (TPSA) is 111 Å². The molecule has 8 nitrogen and oxygen atoms in total. The number of hydrogen-bond donors (Lipinski definition) is 3. The van der Waals surface area contributed by atoms with Gasteiger partial charge < -0.3 is 20.5 Å². The number of sulfone groups is 1.